The van der Waals surface area contributed by atoms with Crippen LogP contribution in [0.4, 0.5) is 0 Å². The Bertz CT molecular complexity index is 273. The summed E-state index contributed by atoms with van der Waals surface area (Å²) < 4.78 is 10.6. The zero-order chi connectivity index (χ0) is 8.97. The van der Waals surface area contributed by atoms with Crippen molar-refractivity contribution in [3.63, 3.8) is 0 Å². The molecule has 3 heteroatoms. The lowest BCUT2D eigenvalue weighted by molar-refractivity contribution is 0.399. The molecule has 0 aliphatic carbocycles. The molecule has 0 atom stereocenters. The lowest BCUT2D eigenvalue weighted by Crippen LogP contribution is -2.11. The molecule has 1 rings (SSSR count). The maximum atomic E-state index is 10.6. The van der Waals surface area contributed by atoms with Gasteiger partial charge in [0.15, 0.2) is 0 Å². The molecular formula is C9H12NOS+. The molecule has 2 nitrogen and oxygen atoms in total. The van der Waals surface area contributed by atoms with E-state index < -0.39 is 0 Å². The van der Waals surface area contributed by atoms with Gasteiger partial charge in [-0.25, -0.2) is 0 Å². The summed E-state index contributed by atoms with van der Waals surface area (Å²) in [6.07, 6.45) is 0. The van der Waals surface area contributed by atoms with Gasteiger partial charge < -0.3 is 4.90 Å². The molecule has 64 valence electrons. The van der Waals surface area contributed by atoms with Crippen molar-refractivity contribution < 1.29 is 4.21 Å². The Balaban J connectivity index is 2.89. The van der Waals surface area contributed by atoms with Crippen LogP contribution >= 0.6 is 0 Å². The smallest absolute Gasteiger partial charge is 0.305 e. The fraction of sp³-hybridized carbons (Fsp3) is 0.333. The summed E-state index contributed by atoms with van der Waals surface area (Å²) in [6.45, 7) is 0.825. The molecular weight excluding hydrogens is 170 g/mol. The van der Waals surface area contributed by atoms with Crippen LogP contribution in [-0.4, -0.2) is 19.0 Å². The van der Waals surface area contributed by atoms with Gasteiger partial charge in [-0.05, 0) is 14.1 Å². The average molecular weight is 182 g/mol. The minimum atomic E-state index is 0.561. The Morgan fingerprint density at radius 3 is 2.58 bits per heavy atom. The van der Waals surface area contributed by atoms with Gasteiger partial charge in [-0.15, -0.1) is 0 Å². The fourth-order valence-corrected chi connectivity index (χ4v) is 1.43. The molecule has 12 heavy (non-hydrogen) atoms. The van der Waals surface area contributed by atoms with Crippen LogP contribution in [0.15, 0.2) is 29.2 Å². The molecule has 1 aromatic rings. The van der Waals surface area contributed by atoms with Gasteiger partial charge >= 0.3 is 11.7 Å². The third kappa shape index (κ3) is 2.36. The molecule has 0 radical (unpaired) electrons. The number of rotatable bonds is 3. The van der Waals surface area contributed by atoms with E-state index >= 15 is 0 Å². The average Bonchev–Trinajstić information content (AvgIpc) is 2.04. The predicted molar refractivity (Wildman–Crippen MR) is 50.2 cm³/mol. The molecule has 0 heterocycles. The van der Waals surface area contributed by atoms with Crippen LogP contribution in [0.2, 0.25) is 0 Å². The van der Waals surface area contributed by atoms with Crippen molar-refractivity contribution in [3.8, 4) is 0 Å². The van der Waals surface area contributed by atoms with E-state index in [4.69, 9.17) is 0 Å². The van der Waals surface area contributed by atoms with E-state index in [1.807, 2.05) is 38.4 Å². The largest absolute Gasteiger partial charge is 0.505 e. The zero-order valence-corrected chi connectivity index (χ0v) is 8.10. The molecule has 1 aromatic carbocycles. The summed E-state index contributed by atoms with van der Waals surface area (Å²) in [5, 5.41) is 0. The first-order chi connectivity index (χ1) is 5.74. The second-order valence-corrected chi connectivity index (χ2v) is 3.54. The van der Waals surface area contributed by atoms with Crippen molar-refractivity contribution in [2.75, 3.05) is 14.1 Å². The van der Waals surface area contributed by atoms with Crippen molar-refractivity contribution in [3.05, 3.63) is 29.8 Å². The molecule has 0 saturated carbocycles. The van der Waals surface area contributed by atoms with E-state index in [1.54, 1.807) is 0 Å². The van der Waals surface area contributed by atoms with Crippen LogP contribution in [0.5, 0.6) is 0 Å². The topological polar surface area (TPSA) is 20.3 Å². The molecule has 0 fully saturated rings. The van der Waals surface area contributed by atoms with Gasteiger partial charge in [0.2, 0.25) is 0 Å². The SMILES string of the molecule is CN(C)Cc1ccccc1[S+]=O. The van der Waals surface area contributed by atoms with Crippen LogP contribution in [0.1, 0.15) is 5.56 Å². The highest BCUT2D eigenvalue weighted by atomic mass is 32.1. The van der Waals surface area contributed by atoms with Gasteiger partial charge in [-0.3, -0.25) is 0 Å². The minimum absolute atomic E-state index is 0.561. The number of hydrogen-bond donors (Lipinski definition) is 0. The summed E-state index contributed by atoms with van der Waals surface area (Å²) in [6, 6.07) is 7.69. The molecule has 0 N–H and O–H groups in total. The van der Waals surface area contributed by atoms with Crippen molar-refractivity contribution in [1.29, 1.82) is 0 Å². The van der Waals surface area contributed by atoms with Gasteiger partial charge in [0.25, 0.3) is 4.90 Å². The van der Waals surface area contributed by atoms with Gasteiger partial charge in [0.1, 0.15) is 0 Å². The minimum Gasteiger partial charge on any atom is -0.305 e. The standard InChI is InChI=1S/C9H12NOS/c1-10(2)7-8-5-3-4-6-9(8)12-11/h3-6H,7H2,1-2H3/q+1. The highest BCUT2D eigenvalue weighted by molar-refractivity contribution is 7.65. The van der Waals surface area contributed by atoms with Crippen LogP contribution < -0.4 is 0 Å². The zero-order valence-electron chi connectivity index (χ0n) is 7.28. The van der Waals surface area contributed by atoms with Crippen LogP contribution in [-0.2, 0) is 22.4 Å². The molecule has 0 unspecified atom stereocenters. The molecule has 0 aliphatic rings. The maximum absolute atomic E-state index is 10.6. The third-order valence-electron chi connectivity index (χ3n) is 1.55. The lowest BCUT2D eigenvalue weighted by Gasteiger charge is -2.07. The Morgan fingerprint density at radius 1 is 1.33 bits per heavy atom. The summed E-state index contributed by atoms with van der Waals surface area (Å²) in [4.78, 5) is 2.88. The van der Waals surface area contributed by atoms with E-state index in [0.717, 1.165) is 17.0 Å². The molecule has 0 saturated heterocycles. The molecule has 0 spiro atoms. The quantitative estimate of drug-likeness (QED) is 0.661. The Kier molecular flexibility index (Phi) is 3.31. The Hall–Kier alpha value is -0.800. The first-order valence-corrected chi connectivity index (χ1v) is 4.50. The first-order valence-electron chi connectivity index (χ1n) is 3.76. The fourth-order valence-electron chi connectivity index (χ4n) is 1.06. The lowest BCUT2D eigenvalue weighted by atomic mass is 10.2. The summed E-state index contributed by atoms with van der Waals surface area (Å²) in [5.74, 6) is 0. The first kappa shape index (κ1) is 9.29. The van der Waals surface area contributed by atoms with Crippen molar-refractivity contribution >= 4 is 11.7 Å². The van der Waals surface area contributed by atoms with Gasteiger partial charge in [-0.1, -0.05) is 18.2 Å². The molecule has 0 bridgehead atoms. The van der Waals surface area contributed by atoms with Crippen molar-refractivity contribution in [2.24, 2.45) is 0 Å². The van der Waals surface area contributed by atoms with Crippen molar-refractivity contribution in [2.45, 2.75) is 11.4 Å². The summed E-state index contributed by atoms with van der Waals surface area (Å²) >= 11 is 0.561. The van der Waals surface area contributed by atoms with Crippen LogP contribution in [0.25, 0.3) is 0 Å². The van der Waals surface area contributed by atoms with E-state index in [0.29, 0.717) is 11.7 Å². The van der Waals surface area contributed by atoms with Crippen LogP contribution in [0.3, 0.4) is 0 Å². The van der Waals surface area contributed by atoms with E-state index in [-0.39, 0.29) is 0 Å². The van der Waals surface area contributed by atoms with Gasteiger partial charge in [0.05, 0.1) is 0 Å². The van der Waals surface area contributed by atoms with Gasteiger partial charge in [0, 0.05) is 22.4 Å². The van der Waals surface area contributed by atoms with E-state index in [2.05, 4.69) is 4.90 Å². The van der Waals surface area contributed by atoms with Crippen molar-refractivity contribution in [1.82, 2.24) is 4.90 Å². The molecule has 0 aliphatic heterocycles. The number of benzene rings is 1. The third-order valence-corrected chi connectivity index (χ3v) is 2.13. The number of nitrogens with zero attached hydrogens (tertiary/aromatic N) is 1. The number of hydrogen-bond acceptors (Lipinski definition) is 2. The van der Waals surface area contributed by atoms with E-state index in [9.17, 15) is 4.21 Å². The Morgan fingerprint density at radius 2 is 2.00 bits per heavy atom. The second kappa shape index (κ2) is 4.28. The predicted octanol–water partition coefficient (Wildman–Crippen LogP) is 1.54. The van der Waals surface area contributed by atoms with E-state index in [1.165, 1.54) is 0 Å². The molecule has 0 aromatic heterocycles. The van der Waals surface area contributed by atoms with Crippen LogP contribution in [0, 0.1) is 0 Å². The summed E-state index contributed by atoms with van der Waals surface area (Å²) in [7, 11) is 3.98. The summed E-state index contributed by atoms with van der Waals surface area (Å²) in [5.41, 5.74) is 1.10. The molecule has 0 amide bonds. The monoisotopic (exact) mass is 182 g/mol. The Labute approximate surface area is 76.7 Å². The highest BCUT2D eigenvalue weighted by Crippen LogP contribution is 2.09. The maximum Gasteiger partial charge on any atom is 0.505 e. The highest BCUT2D eigenvalue weighted by Gasteiger charge is 2.12. The normalized spacial score (nSPS) is 10.2. The second-order valence-electron chi connectivity index (χ2n) is 2.93. The van der Waals surface area contributed by atoms with Gasteiger partial charge in [-0.2, -0.15) is 0 Å².